The number of likely N-dealkylation sites (N-methyl/N-ethyl adjacent to an activating group) is 1. The average molecular weight is 344 g/mol. The van der Waals surface area contributed by atoms with Crippen LogP contribution >= 0.6 is 0 Å². The highest BCUT2D eigenvalue weighted by Crippen LogP contribution is 2.30. The largest absolute Gasteiger partial charge is 0.416 e. The Morgan fingerprint density at radius 3 is 2.71 bits per heavy atom. The van der Waals surface area contributed by atoms with Crippen LogP contribution in [-0.4, -0.2) is 37.5 Å². The number of rotatable bonds is 4. The van der Waals surface area contributed by atoms with Crippen molar-refractivity contribution in [1.82, 2.24) is 5.32 Å². The van der Waals surface area contributed by atoms with Crippen molar-refractivity contribution < 1.29 is 27.7 Å². The molecule has 1 aromatic rings. The minimum atomic E-state index is -4.50. The Labute approximate surface area is 138 Å². The van der Waals surface area contributed by atoms with Gasteiger partial charge in [0, 0.05) is 18.5 Å². The number of halogens is 3. The summed E-state index contributed by atoms with van der Waals surface area (Å²) in [4.78, 5) is 25.0. The van der Waals surface area contributed by atoms with Crippen LogP contribution in [0.5, 0.6) is 0 Å². The zero-order valence-corrected chi connectivity index (χ0v) is 13.4. The number of likely N-dealkylation sites (tertiary alicyclic amines) is 1. The zero-order valence-electron chi connectivity index (χ0n) is 13.4. The fourth-order valence-corrected chi connectivity index (χ4v) is 2.95. The molecule has 2 rings (SSSR count). The van der Waals surface area contributed by atoms with Crippen molar-refractivity contribution in [2.24, 2.45) is 0 Å². The molecule has 0 saturated carbocycles. The van der Waals surface area contributed by atoms with Crippen molar-refractivity contribution in [1.29, 1.82) is 0 Å². The number of alkyl halides is 3. The lowest BCUT2D eigenvalue weighted by Crippen LogP contribution is -3.14. The van der Waals surface area contributed by atoms with E-state index >= 15 is 0 Å². The number of amides is 2. The van der Waals surface area contributed by atoms with Gasteiger partial charge in [0.2, 0.25) is 0 Å². The molecule has 24 heavy (non-hydrogen) atoms. The first-order chi connectivity index (χ1) is 11.3. The van der Waals surface area contributed by atoms with E-state index in [0.717, 1.165) is 38.1 Å². The monoisotopic (exact) mass is 344 g/mol. The number of quaternary nitrogens is 1. The molecule has 132 valence electrons. The van der Waals surface area contributed by atoms with Crippen LogP contribution in [0.4, 0.5) is 18.9 Å². The van der Waals surface area contributed by atoms with Gasteiger partial charge >= 0.3 is 18.0 Å². The highest BCUT2D eigenvalue weighted by Gasteiger charge is 2.31. The molecule has 0 spiro atoms. The average Bonchev–Trinajstić information content (AvgIpc) is 2.99. The molecule has 8 heteroatoms. The summed E-state index contributed by atoms with van der Waals surface area (Å²) in [7, 11) is 0. The number of anilines is 1. The summed E-state index contributed by atoms with van der Waals surface area (Å²) in [6, 6.07) is 4.46. The Kier molecular flexibility index (Phi) is 5.82. The molecule has 1 heterocycles. The van der Waals surface area contributed by atoms with Crippen molar-refractivity contribution in [2.75, 3.05) is 25.0 Å². The van der Waals surface area contributed by atoms with Gasteiger partial charge in [-0.15, -0.1) is 0 Å². The molecule has 1 saturated heterocycles. The van der Waals surface area contributed by atoms with Crippen molar-refractivity contribution in [2.45, 2.75) is 32.0 Å². The first kappa shape index (κ1) is 18.3. The van der Waals surface area contributed by atoms with Crippen LogP contribution in [0.2, 0.25) is 0 Å². The van der Waals surface area contributed by atoms with E-state index < -0.39 is 23.6 Å². The molecule has 2 amide bonds. The molecule has 1 aliphatic heterocycles. The van der Waals surface area contributed by atoms with Crippen LogP contribution in [0.1, 0.15) is 25.3 Å². The van der Waals surface area contributed by atoms with Crippen molar-refractivity contribution in [3.8, 4) is 0 Å². The van der Waals surface area contributed by atoms with Gasteiger partial charge in [0.25, 0.3) is 0 Å². The molecular formula is C16H21F3N3O2+. The van der Waals surface area contributed by atoms with E-state index in [4.69, 9.17) is 0 Å². The van der Waals surface area contributed by atoms with Crippen LogP contribution < -0.4 is 15.5 Å². The van der Waals surface area contributed by atoms with Gasteiger partial charge in [0.05, 0.1) is 25.2 Å². The Bertz CT molecular complexity index is 604. The second-order valence-electron chi connectivity index (χ2n) is 5.84. The lowest BCUT2D eigenvalue weighted by molar-refractivity contribution is -0.909. The van der Waals surface area contributed by atoms with E-state index in [-0.39, 0.29) is 11.7 Å². The number of carbonyl (C=O) groups is 2. The summed E-state index contributed by atoms with van der Waals surface area (Å²) in [5, 5.41) is 4.76. The molecule has 0 aromatic heterocycles. The van der Waals surface area contributed by atoms with Crippen LogP contribution in [0.15, 0.2) is 24.3 Å². The summed E-state index contributed by atoms with van der Waals surface area (Å²) in [5.74, 6) is -1.81. The van der Waals surface area contributed by atoms with Crippen LogP contribution in [-0.2, 0) is 15.8 Å². The molecule has 2 atom stereocenters. The molecule has 0 radical (unpaired) electrons. The number of carbonyl (C=O) groups excluding carboxylic acids is 2. The van der Waals surface area contributed by atoms with Crippen LogP contribution in [0.3, 0.4) is 0 Å². The highest BCUT2D eigenvalue weighted by atomic mass is 19.4. The second-order valence-corrected chi connectivity index (χ2v) is 5.84. The predicted octanol–water partition coefficient (Wildman–Crippen LogP) is 0.827. The molecule has 1 aromatic carbocycles. The third-order valence-electron chi connectivity index (χ3n) is 4.24. The van der Waals surface area contributed by atoms with Crippen LogP contribution in [0, 0.1) is 0 Å². The number of nitrogens with one attached hydrogen (secondary N) is 3. The fraction of sp³-hybridized carbons (Fsp3) is 0.500. The molecule has 5 nitrogen and oxygen atoms in total. The topological polar surface area (TPSA) is 62.6 Å². The Morgan fingerprint density at radius 1 is 1.29 bits per heavy atom. The van der Waals surface area contributed by atoms with E-state index in [1.807, 2.05) is 0 Å². The highest BCUT2D eigenvalue weighted by molar-refractivity contribution is 6.39. The third kappa shape index (κ3) is 4.70. The fourth-order valence-electron chi connectivity index (χ4n) is 2.95. The normalized spacial score (nSPS) is 20.7. The summed E-state index contributed by atoms with van der Waals surface area (Å²) in [6.07, 6.45) is -2.43. The first-order valence-electron chi connectivity index (χ1n) is 7.92. The molecule has 1 unspecified atom stereocenters. The van der Waals surface area contributed by atoms with Gasteiger partial charge in [0.1, 0.15) is 6.04 Å². The summed E-state index contributed by atoms with van der Waals surface area (Å²) in [5.41, 5.74) is -0.944. The Morgan fingerprint density at radius 2 is 2.04 bits per heavy atom. The lowest BCUT2D eigenvalue weighted by atomic mass is 10.2. The lowest BCUT2D eigenvalue weighted by Gasteiger charge is -2.19. The van der Waals surface area contributed by atoms with E-state index in [2.05, 4.69) is 17.6 Å². The smallest absolute Gasteiger partial charge is 0.342 e. The van der Waals surface area contributed by atoms with E-state index in [0.29, 0.717) is 6.54 Å². The summed E-state index contributed by atoms with van der Waals surface area (Å²) in [6.45, 7) is 4.46. The predicted molar refractivity (Wildman–Crippen MR) is 82.5 cm³/mol. The van der Waals surface area contributed by atoms with Gasteiger partial charge < -0.3 is 15.5 Å². The standard InChI is InChI=1S/C16H20F3N3O2/c1-2-22-8-4-7-13(22)10-20-14(23)15(24)21-12-6-3-5-11(9-12)16(17,18)19/h3,5-6,9,13H,2,4,7-8,10H2,1H3,(H,20,23)(H,21,24)/p+1/t13-/m1/s1. The molecular weight excluding hydrogens is 323 g/mol. The summed E-state index contributed by atoms with van der Waals surface area (Å²) < 4.78 is 37.9. The van der Waals surface area contributed by atoms with Gasteiger partial charge in [-0.05, 0) is 25.1 Å². The Hall–Kier alpha value is -2.09. The van der Waals surface area contributed by atoms with Gasteiger partial charge in [0.15, 0.2) is 0 Å². The van der Waals surface area contributed by atoms with Crippen molar-refractivity contribution >= 4 is 17.5 Å². The van der Waals surface area contributed by atoms with Crippen LogP contribution in [0.25, 0.3) is 0 Å². The van der Waals surface area contributed by atoms with Gasteiger partial charge in [-0.1, -0.05) is 6.07 Å². The second kappa shape index (κ2) is 7.65. The maximum Gasteiger partial charge on any atom is 0.416 e. The first-order valence-corrected chi connectivity index (χ1v) is 7.92. The maximum absolute atomic E-state index is 12.6. The molecule has 0 bridgehead atoms. The van der Waals surface area contributed by atoms with Gasteiger partial charge in [-0.25, -0.2) is 0 Å². The molecule has 0 aliphatic carbocycles. The SMILES string of the molecule is CC[NH+]1CCC[C@@H]1CNC(=O)C(=O)Nc1cccc(C(F)(F)F)c1. The maximum atomic E-state index is 12.6. The molecule has 1 fully saturated rings. The number of hydrogen-bond donors (Lipinski definition) is 3. The minimum absolute atomic E-state index is 0.0633. The van der Waals surface area contributed by atoms with Gasteiger partial charge in [-0.3, -0.25) is 9.59 Å². The third-order valence-corrected chi connectivity index (χ3v) is 4.24. The molecule has 3 N–H and O–H groups in total. The number of benzene rings is 1. The van der Waals surface area contributed by atoms with E-state index in [1.165, 1.54) is 17.0 Å². The minimum Gasteiger partial charge on any atom is -0.342 e. The molecule has 1 aliphatic rings. The van der Waals surface area contributed by atoms with Crippen molar-refractivity contribution in [3.63, 3.8) is 0 Å². The van der Waals surface area contributed by atoms with Gasteiger partial charge in [-0.2, -0.15) is 13.2 Å². The Balaban J connectivity index is 1.89. The number of hydrogen-bond acceptors (Lipinski definition) is 2. The zero-order chi connectivity index (χ0) is 17.7. The van der Waals surface area contributed by atoms with E-state index in [1.54, 1.807) is 0 Å². The van der Waals surface area contributed by atoms with Crippen molar-refractivity contribution in [3.05, 3.63) is 29.8 Å². The summed E-state index contributed by atoms with van der Waals surface area (Å²) >= 11 is 0. The quantitative estimate of drug-likeness (QED) is 0.709. The van der Waals surface area contributed by atoms with E-state index in [9.17, 15) is 22.8 Å².